The van der Waals surface area contributed by atoms with Crippen LogP contribution in [-0.2, 0) is 4.79 Å². The number of likely N-dealkylation sites (N-methyl/N-ethyl adjacent to an activating group) is 3. The van der Waals surface area contributed by atoms with Crippen molar-refractivity contribution in [1.29, 1.82) is 5.26 Å². The minimum Gasteiger partial charge on any atom is -0.494 e. The molecular formula is C29H35N9O2. The van der Waals surface area contributed by atoms with E-state index in [1.54, 1.807) is 21.1 Å². The maximum atomic E-state index is 12.9. The molecule has 11 nitrogen and oxygen atoms in total. The van der Waals surface area contributed by atoms with Crippen LogP contribution in [0.2, 0.25) is 0 Å². The second kappa shape index (κ2) is 12.5. The van der Waals surface area contributed by atoms with Crippen molar-refractivity contribution in [2.45, 2.75) is 13.0 Å². The molecule has 2 heterocycles. The molecule has 0 radical (unpaired) electrons. The van der Waals surface area contributed by atoms with Crippen molar-refractivity contribution in [3.05, 3.63) is 54.4 Å². The van der Waals surface area contributed by atoms with Gasteiger partial charge in [0.1, 0.15) is 11.8 Å². The zero-order valence-electron chi connectivity index (χ0n) is 23.7. The molecular weight excluding hydrogens is 506 g/mol. The zero-order valence-corrected chi connectivity index (χ0v) is 23.7. The second-order valence-corrected chi connectivity index (χ2v) is 9.73. The lowest BCUT2D eigenvalue weighted by Crippen LogP contribution is -2.36. The number of anilines is 4. The second-order valence-electron chi connectivity index (χ2n) is 9.73. The maximum Gasteiger partial charge on any atom is 0.241 e. The van der Waals surface area contributed by atoms with Crippen LogP contribution in [0.25, 0.3) is 22.2 Å². The fourth-order valence-corrected chi connectivity index (χ4v) is 4.21. The Morgan fingerprint density at radius 3 is 2.65 bits per heavy atom. The fourth-order valence-electron chi connectivity index (χ4n) is 4.21. The molecule has 0 aliphatic heterocycles. The van der Waals surface area contributed by atoms with E-state index in [0.29, 0.717) is 28.4 Å². The Kier molecular flexibility index (Phi) is 8.83. The summed E-state index contributed by atoms with van der Waals surface area (Å²) in [5, 5.41) is 20.0. The Balaban J connectivity index is 1.75. The number of carbonyl (C=O) groups is 1. The van der Waals surface area contributed by atoms with Gasteiger partial charge in [-0.15, -0.1) is 0 Å². The lowest BCUT2D eigenvalue weighted by Gasteiger charge is -2.26. The van der Waals surface area contributed by atoms with Gasteiger partial charge in [0.25, 0.3) is 0 Å². The standard InChI is InChI=1S/C29H35N9O2/c1-18(31-2)28(39)34-23-13-24(26(40-6)14-25(23)38(5)12-11-37(3)4)35-29-33-16-19(15-30)27(36-29)21-17-32-22-10-8-7-9-20(21)22/h7-10,13-14,16-18,31-32H,11-12H2,1-6H3,(H,34,39)(H,33,35,36)/t18-/m0/s1. The summed E-state index contributed by atoms with van der Waals surface area (Å²) in [5.74, 6) is 0.664. The van der Waals surface area contributed by atoms with E-state index in [1.807, 2.05) is 63.7 Å². The number of hydrogen-bond acceptors (Lipinski definition) is 9. The SMILES string of the molecule is CN[C@@H](C)C(=O)Nc1cc(Nc2ncc(C#N)c(-c3c[nH]c4ccccc34)n2)c(OC)cc1N(C)CCN(C)C. The minimum absolute atomic E-state index is 0.169. The first-order valence-electron chi connectivity index (χ1n) is 12.9. The topological polar surface area (TPSA) is 134 Å². The molecule has 0 bridgehead atoms. The lowest BCUT2D eigenvalue weighted by atomic mass is 10.1. The first-order valence-corrected chi connectivity index (χ1v) is 12.9. The van der Waals surface area contributed by atoms with Crippen LogP contribution in [0.4, 0.5) is 23.0 Å². The first-order chi connectivity index (χ1) is 19.2. The van der Waals surface area contributed by atoms with E-state index in [9.17, 15) is 10.1 Å². The summed E-state index contributed by atoms with van der Waals surface area (Å²) in [5.41, 5.74) is 4.59. The van der Waals surface area contributed by atoms with Crippen molar-refractivity contribution >= 4 is 39.8 Å². The van der Waals surface area contributed by atoms with Gasteiger partial charge in [0.2, 0.25) is 11.9 Å². The average molecular weight is 542 g/mol. The highest BCUT2D eigenvalue weighted by atomic mass is 16.5. The summed E-state index contributed by atoms with van der Waals surface area (Å²) >= 11 is 0. The molecule has 4 aromatic rings. The van der Waals surface area contributed by atoms with Crippen LogP contribution >= 0.6 is 0 Å². The van der Waals surface area contributed by atoms with Crippen molar-refractivity contribution in [2.24, 2.45) is 0 Å². The molecule has 0 fully saturated rings. The Morgan fingerprint density at radius 2 is 1.95 bits per heavy atom. The number of amides is 1. The summed E-state index contributed by atoms with van der Waals surface area (Å²) in [4.78, 5) is 29.3. The van der Waals surface area contributed by atoms with Gasteiger partial charge in [0.15, 0.2) is 0 Å². The molecule has 11 heteroatoms. The molecule has 40 heavy (non-hydrogen) atoms. The third-order valence-corrected chi connectivity index (χ3v) is 6.70. The van der Waals surface area contributed by atoms with Crippen molar-refractivity contribution in [2.75, 3.05) is 63.9 Å². The predicted molar refractivity (Wildman–Crippen MR) is 159 cm³/mol. The van der Waals surface area contributed by atoms with Gasteiger partial charge in [-0.05, 0) is 40.2 Å². The number of benzene rings is 2. The molecule has 0 aliphatic carbocycles. The molecule has 0 aliphatic rings. The number of nitrogens with one attached hydrogen (secondary N) is 4. The molecule has 2 aromatic carbocycles. The molecule has 0 saturated heterocycles. The van der Waals surface area contributed by atoms with Gasteiger partial charge >= 0.3 is 0 Å². The highest BCUT2D eigenvalue weighted by molar-refractivity contribution is 5.99. The minimum atomic E-state index is -0.390. The number of para-hydroxylation sites is 1. The normalized spacial score (nSPS) is 11.8. The first kappa shape index (κ1) is 28.4. The number of methoxy groups -OCH3 is 1. The van der Waals surface area contributed by atoms with E-state index < -0.39 is 0 Å². The Hall–Kier alpha value is -4.66. The number of fused-ring (bicyclic) bond motifs is 1. The average Bonchev–Trinajstić information content (AvgIpc) is 3.39. The highest BCUT2D eigenvalue weighted by Crippen LogP contribution is 2.38. The summed E-state index contributed by atoms with van der Waals surface area (Å²) < 4.78 is 5.73. The van der Waals surface area contributed by atoms with Crippen LogP contribution in [0.3, 0.4) is 0 Å². The summed E-state index contributed by atoms with van der Waals surface area (Å²) in [6.45, 7) is 3.36. The van der Waals surface area contributed by atoms with E-state index in [-0.39, 0.29) is 17.9 Å². The number of rotatable bonds is 11. The van der Waals surface area contributed by atoms with E-state index in [2.05, 4.69) is 41.8 Å². The smallest absolute Gasteiger partial charge is 0.241 e. The van der Waals surface area contributed by atoms with Crippen molar-refractivity contribution in [3.8, 4) is 23.1 Å². The van der Waals surface area contributed by atoms with E-state index in [4.69, 9.17) is 9.72 Å². The number of aromatic nitrogens is 3. The number of H-pyrrole nitrogens is 1. The van der Waals surface area contributed by atoms with Crippen LogP contribution in [0.15, 0.2) is 48.8 Å². The summed E-state index contributed by atoms with van der Waals surface area (Å²) in [6, 6.07) is 13.3. The number of hydrogen-bond donors (Lipinski definition) is 4. The van der Waals surface area contributed by atoms with Gasteiger partial charge in [-0.25, -0.2) is 9.97 Å². The van der Waals surface area contributed by atoms with Crippen LogP contribution in [0.5, 0.6) is 5.75 Å². The zero-order chi connectivity index (χ0) is 28.8. The van der Waals surface area contributed by atoms with Gasteiger partial charge in [0, 0.05) is 48.9 Å². The molecule has 2 aromatic heterocycles. The molecule has 208 valence electrons. The Bertz CT molecular complexity index is 1540. The van der Waals surface area contributed by atoms with Gasteiger partial charge in [-0.1, -0.05) is 18.2 Å². The third-order valence-electron chi connectivity index (χ3n) is 6.70. The van der Waals surface area contributed by atoms with Crippen molar-refractivity contribution < 1.29 is 9.53 Å². The third kappa shape index (κ3) is 6.14. The Morgan fingerprint density at radius 1 is 1.18 bits per heavy atom. The quantitative estimate of drug-likeness (QED) is 0.224. The van der Waals surface area contributed by atoms with E-state index >= 15 is 0 Å². The summed E-state index contributed by atoms with van der Waals surface area (Å²) in [6.07, 6.45) is 3.34. The molecule has 4 N–H and O–H groups in total. The van der Waals surface area contributed by atoms with E-state index in [0.717, 1.165) is 35.2 Å². The maximum absolute atomic E-state index is 12.9. The van der Waals surface area contributed by atoms with Crippen molar-refractivity contribution in [1.82, 2.24) is 25.2 Å². The predicted octanol–water partition coefficient (Wildman–Crippen LogP) is 3.79. The number of nitrogens with zero attached hydrogens (tertiary/aromatic N) is 5. The van der Waals surface area contributed by atoms with Crippen LogP contribution in [0, 0.1) is 11.3 Å². The van der Waals surface area contributed by atoms with E-state index in [1.165, 1.54) is 6.20 Å². The van der Waals surface area contributed by atoms with Crippen LogP contribution < -0.4 is 25.6 Å². The molecule has 4 rings (SSSR count). The lowest BCUT2D eigenvalue weighted by molar-refractivity contribution is -0.117. The molecule has 0 saturated carbocycles. The highest BCUT2D eigenvalue weighted by Gasteiger charge is 2.20. The Labute approximate surface area is 234 Å². The fraction of sp³-hybridized carbons (Fsp3) is 0.310. The van der Waals surface area contributed by atoms with Crippen LogP contribution in [-0.4, -0.2) is 80.2 Å². The van der Waals surface area contributed by atoms with Gasteiger partial charge in [-0.2, -0.15) is 5.26 Å². The number of ether oxygens (including phenoxy) is 1. The molecule has 0 spiro atoms. The van der Waals surface area contributed by atoms with Gasteiger partial charge in [0.05, 0.1) is 47.7 Å². The van der Waals surface area contributed by atoms with Gasteiger partial charge < -0.3 is 35.5 Å². The van der Waals surface area contributed by atoms with Crippen molar-refractivity contribution in [3.63, 3.8) is 0 Å². The van der Waals surface area contributed by atoms with Gasteiger partial charge in [-0.3, -0.25) is 4.79 Å². The molecule has 1 atom stereocenters. The van der Waals surface area contributed by atoms with Crippen LogP contribution in [0.1, 0.15) is 12.5 Å². The number of carbonyl (C=O) groups excluding carboxylic acids is 1. The number of nitriles is 1. The monoisotopic (exact) mass is 541 g/mol. The molecule has 0 unspecified atom stereocenters. The molecule has 1 amide bonds. The summed E-state index contributed by atoms with van der Waals surface area (Å²) in [7, 11) is 9.33. The largest absolute Gasteiger partial charge is 0.494 e. The number of aromatic amines is 1.